The Kier molecular flexibility index (Phi) is 1.66. The molecular weight excluding hydrogens is 152 g/mol. The molecule has 2 heterocycles. The van der Waals surface area contributed by atoms with Gasteiger partial charge in [0.2, 0.25) is 0 Å². The highest BCUT2D eigenvalue weighted by molar-refractivity contribution is 5.66. The summed E-state index contributed by atoms with van der Waals surface area (Å²) < 4.78 is 1.89. The summed E-state index contributed by atoms with van der Waals surface area (Å²) in [5.41, 5.74) is 1.90. The molecule has 62 valence electrons. The van der Waals surface area contributed by atoms with Gasteiger partial charge in [-0.3, -0.25) is 4.40 Å². The van der Waals surface area contributed by atoms with Crippen molar-refractivity contribution < 1.29 is 0 Å². The van der Waals surface area contributed by atoms with Crippen molar-refractivity contribution in [3.63, 3.8) is 0 Å². The van der Waals surface area contributed by atoms with Gasteiger partial charge in [0.1, 0.15) is 6.33 Å². The smallest absolute Gasteiger partial charge is 0.183 e. The Balaban J connectivity index is 2.57. The number of nitrogens with zero attached hydrogens (tertiary/aromatic N) is 3. The highest BCUT2D eigenvalue weighted by Crippen LogP contribution is 2.12. The zero-order valence-electron chi connectivity index (χ0n) is 6.86. The number of fused-ring (bicyclic) bond motifs is 1. The first-order chi connectivity index (χ1) is 5.92. The van der Waals surface area contributed by atoms with E-state index in [0.717, 1.165) is 17.9 Å². The SMILES string of the molecule is CCNc1cccn2cnnc12. The van der Waals surface area contributed by atoms with Crippen molar-refractivity contribution in [1.29, 1.82) is 0 Å². The molecule has 4 heteroatoms. The summed E-state index contributed by atoms with van der Waals surface area (Å²) in [7, 11) is 0. The third kappa shape index (κ3) is 1.01. The first kappa shape index (κ1) is 7.09. The molecule has 0 aliphatic heterocycles. The molecule has 0 aromatic carbocycles. The molecule has 0 amide bonds. The number of pyridine rings is 1. The Morgan fingerprint density at radius 1 is 1.58 bits per heavy atom. The fourth-order valence-electron chi connectivity index (χ4n) is 1.18. The van der Waals surface area contributed by atoms with Gasteiger partial charge >= 0.3 is 0 Å². The summed E-state index contributed by atoms with van der Waals surface area (Å²) in [6.07, 6.45) is 3.62. The van der Waals surface area contributed by atoms with Crippen molar-refractivity contribution in [2.75, 3.05) is 11.9 Å². The molecule has 2 aromatic rings. The number of hydrogen-bond donors (Lipinski definition) is 1. The van der Waals surface area contributed by atoms with Crippen LogP contribution in [-0.2, 0) is 0 Å². The Morgan fingerprint density at radius 3 is 3.33 bits per heavy atom. The predicted molar refractivity (Wildman–Crippen MR) is 47.2 cm³/mol. The summed E-state index contributed by atoms with van der Waals surface area (Å²) in [4.78, 5) is 0. The van der Waals surface area contributed by atoms with Crippen molar-refractivity contribution in [2.45, 2.75) is 6.92 Å². The summed E-state index contributed by atoms with van der Waals surface area (Å²) >= 11 is 0. The number of aromatic nitrogens is 3. The minimum absolute atomic E-state index is 0.874. The van der Waals surface area contributed by atoms with Crippen LogP contribution in [0.5, 0.6) is 0 Å². The van der Waals surface area contributed by atoms with E-state index in [1.165, 1.54) is 0 Å². The van der Waals surface area contributed by atoms with E-state index < -0.39 is 0 Å². The summed E-state index contributed by atoms with van der Waals surface area (Å²) in [5, 5.41) is 11.0. The zero-order chi connectivity index (χ0) is 8.39. The van der Waals surface area contributed by atoms with Crippen LogP contribution >= 0.6 is 0 Å². The van der Waals surface area contributed by atoms with E-state index >= 15 is 0 Å². The topological polar surface area (TPSA) is 42.2 Å². The molecule has 0 atom stereocenters. The second kappa shape index (κ2) is 2.81. The van der Waals surface area contributed by atoms with Crippen molar-refractivity contribution in [1.82, 2.24) is 14.6 Å². The van der Waals surface area contributed by atoms with E-state index in [1.807, 2.05) is 22.7 Å². The Labute approximate surface area is 70.2 Å². The van der Waals surface area contributed by atoms with Gasteiger partial charge in [-0.1, -0.05) is 0 Å². The zero-order valence-corrected chi connectivity index (χ0v) is 6.86. The second-order valence-electron chi connectivity index (χ2n) is 2.51. The van der Waals surface area contributed by atoms with Gasteiger partial charge in [-0.2, -0.15) is 0 Å². The molecule has 0 aliphatic rings. The quantitative estimate of drug-likeness (QED) is 0.720. The Bertz CT molecular complexity index is 379. The molecule has 4 nitrogen and oxygen atoms in total. The maximum absolute atomic E-state index is 3.99. The lowest BCUT2D eigenvalue weighted by Gasteiger charge is -2.02. The minimum atomic E-state index is 0.874. The molecule has 1 N–H and O–H groups in total. The van der Waals surface area contributed by atoms with Gasteiger partial charge in [0.05, 0.1) is 5.69 Å². The average Bonchev–Trinajstić information content (AvgIpc) is 2.53. The standard InChI is InChI=1S/C8H10N4/c1-2-9-7-4-3-5-12-6-10-11-8(7)12/h3-6,9H,2H2,1H3. The Hall–Kier alpha value is -1.58. The van der Waals surface area contributed by atoms with Crippen LogP contribution in [0.1, 0.15) is 6.92 Å². The van der Waals surface area contributed by atoms with E-state index in [2.05, 4.69) is 22.4 Å². The Morgan fingerprint density at radius 2 is 2.50 bits per heavy atom. The van der Waals surface area contributed by atoms with E-state index in [1.54, 1.807) is 6.33 Å². The van der Waals surface area contributed by atoms with Crippen LogP contribution in [0.3, 0.4) is 0 Å². The third-order valence-corrected chi connectivity index (χ3v) is 1.69. The summed E-state index contributed by atoms with van der Waals surface area (Å²) in [6, 6.07) is 3.96. The number of hydrogen-bond acceptors (Lipinski definition) is 3. The number of rotatable bonds is 2. The molecule has 0 saturated heterocycles. The summed E-state index contributed by atoms with van der Waals surface area (Å²) in [5.74, 6) is 0. The van der Waals surface area contributed by atoms with Gasteiger partial charge in [0.25, 0.3) is 0 Å². The third-order valence-electron chi connectivity index (χ3n) is 1.69. The fourth-order valence-corrected chi connectivity index (χ4v) is 1.18. The van der Waals surface area contributed by atoms with Crippen LogP contribution in [0.4, 0.5) is 5.69 Å². The number of nitrogens with one attached hydrogen (secondary N) is 1. The molecule has 0 bridgehead atoms. The molecule has 2 rings (SSSR count). The molecule has 0 fully saturated rings. The lowest BCUT2D eigenvalue weighted by molar-refractivity contribution is 1.10. The van der Waals surface area contributed by atoms with Crippen molar-refractivity contribution in [2.24, 2.45) is 0 Å². The maximum Gasteiger partial charge on any atom is 0.183 e. The van der Waals surface area contributed by atoms with Gasteiger partial charge in [-0.25, -0.2) is 0 Å². The molecule has 0 radical (unpaired) electrons. The molecule has 0 aliphatic carbocycles. The van der Waals surface area contributed by atoms with E-state index in [4.69, 9.17) is 0 Å². The molecule has 2 aromatic heterocycles. The van der Waals surface area contributed by atoms with Crippen LogP contribution in [-0.4, -0.2) is 21.1 Å². The minimum Gasteiger partial charge on any atom is -0.382 e. The van der Waals surface area contributed by atoms with Gasteiger partial charge < -0.3 is 5.32 Å². The van der Waals surface area contributed by atoms with Crippen LogP contribution in [0.2, 0.25) is 0 Å². The highest BCUT2D eigenvalue weighted by Gasteiger charge is 1.99. The largest absolute Gasteiger partial charge is 0.382 e. The van der Waals surface area contributed by atoms with Crippen molar-refractivity contribution in [3.8, 4) is 0 Å². The molecule has 0 spiro atoms. The average molecular weight is 162 g/mol. The van der Waals surface area contributed by atoms with Crippen molar-refractivity contribution in [3.05, 3.63) is 24.7 Å². The highest BCUT2D eigenvalue weighted by atomic mass is 15.2. The van der Waals surface area contributed by atoms with Crippen LogP contribution < -0.4 is 5.32 Å². The first-order valence-electron chi connectivity index (χ1n) is 3.94. The molecular formula is C8H10N4. The molecule has 12 heavy (non-hydrogen) atoms. The first-order valence-corrected chi connectivity index (χ1v) is 3.94. The van der Waals surface area contributed by atoms with E-state index in [0.29, 0.717) is 0 Å². The van der Waals surface area contributed by atoms with Gasteiger partial charge in [-0.05, 0) is 19.1 Å². The lowest BCUT2D eigenvalue weighted by Crippen LogP contribution is -1.98. The van der Waals surface area contributed by atoms with E-state index in [9.17, 15) is 0 Å². The predicted octanol–water partition coefficient (Wildman–Crippen LogP) is 1.16. The molecule has 0 saturated carbocycles. The van der Waals surface area contributed by atoms with Crippen molar-refractivity contribution >= 4 is 11.3 Å². The van der Waals surface area contributed by atoms with Crippen LogP contribution in [0.25, 0.3) is 5.65 Å². The number of anilines is 1. The van der Waals surface area contributed by atoms with Crippen LogP contribution in [0, 0.1) is 0 Å². The van der Waals surface area contributed by atoms with E-state index in [-0.39, 0.29) is 0 Å². The fraction of sp³-hybridized carbons (Fsp3) is 0.250. The second-order valence-corrected chi connectivity index (χ2v) is 2.51. The van der Waals surface area contributed by atoms with Gasteiger partial charge in [0, 0.05) is 12.7 Å². The van der Waals surface area contributed by atoms with Crippen LogP contribution in [0.15, 0.2) is 24.7 Å². The molecule has 0 unspecified atom stereocenters. The maximum atomic E-state index is 3.99. The van der Waals surface area contributed by atoms with Gasteiger partial charge in [0.15, 0.2) is 5.65 Å². The normalized spacial score (nSPS) is 10.4. The van der Waals surface area contributed by atoms with Gasteiger partial charge in [-0.15, -0.1) is 10.2 Å². The monoisotopic (exact) mass is 162 g/mol. The summed E-state index contributed by atoms with van der Waals surface area (Å²) in [6.45, 7) is 2.95. The lowest BCUT2D eigenvalue weighted by atomic mass is 10.4.